The molecule has 0 spiro atoms. The Balaban J connectivity index is 1.30. The van der Waals surface area contributed by atoms with E-state index in [4.69, 9.17) is 9.73 Å². The Kier molecular flexibility index (Phi) is 9.72. The number of piperidine rings is 1. The van der Waals surface area contributed by atoms with Gasteiger partial charge >= 0.3 is 0 Å². The predicted molar refractivity (Wildman–Crippen MR) is 171 cm³/mol. The molecule has 0 aromatic heterocycles. The van der Waals surface area contributed by atoms with Crippen molar-refractivity contribution in [1.82, 2.24) is 15.1 Å². The fraction of sp³-hybridized carbons (Fsp3) is 0.361. The van der Waals surface area contributed by atoms with Gasteiger partial charge in [0.1, 0.15) is 5.75 Å². The van der Waals surface area contributed by atoms with E-state index >= 15 is 0 Å². The van der Waals surface area contributed by atoms with Gasteiger partial charge in [-0.2, -0.15) is 0 Å². The zero-order chi connectivity index (χ0) is 30.2. The molecule has 0 radical (unpaired) electrons. The van der Waals surface area contributed by atoms with Gasteiger partial charge in [-0.25, -0.2) is 0 Å². The van der Waals surface area contributed by atoms with E-state index in [9.17, 15) is 9.59 Å². The number of allylic oxidation sites excluding steroid dienone is 1. The minimum Gasteiger partial charge on any atom is -0.497 e. The number of benzene rings is 3. The Morgan fingerprint density at radius 2 is 1.60 bits per heavy atom. The molecule has 0 aliphatic carbocycles. The van der Waals surface area contributed by atoms with E-state index in [1.54, 1.807) is 12.0 Å². The number of ether oxygens (including phenoxy) is 1. The van der Waals surface area contributed by atoms with Gasteiger partial charge in [0.15, 0.2) is 0 Å². The summed E-state index contributed by atoms with van der Waals surface area (Å²) < 4.78 is 5.49. The van der Waals surface area contributed by atoms with E-state index in [1.165, 1.54) is 11.1 Å². The first-order chi connectivity index (χ1) is 21.0. The number of likely N-dealkylation sites (tertiary alicyclic amines) is 1. The highest BCUT2D eigenvalue weighted by atomic mass is 16.5. The van der Waals surface area contributed by atoms with Crippen LogP contribution in [0.1, 0.15) is 55.7 Å². The molecule has 43 heavy (non-hydrogen) atoms. The summed E-state index contributed by atoms with van der Waals surface area (Å²) in [5.41, 5.74) is 6.15. The third kappa shape index (κ3) is 6.42. The summed E-state index contributed by atoms with van der Waals surface area (Å²) in [6, 6.07) is 29.2. The van der Waals surface area contributed by atoms with Crippen LogP contribution in [0, 0.1) is 0 Å². The average molecular weight is 579 g/mol. The van der Waals surface area contributed by atoms with Crippen LogP contribution >= 0.6 is 0 Å². The van der Waals surface area contributed by atoms with E-state index in [0.717, 1.165) is 73.7 Å². The Morgan fingerprint density at radius 3 is 2.19 bits per heavy atom. The monoisotopic (exact) mass is 578 g/mol. The number of nitrogens with zero attached hydrogens (tertiary/aromatic N) is 3. The molecule has 2 aliphatic rings. The molecule has 7 nitrogen and oxygen atoms in total. The summed E-state index contributed by atoms with van der Waals surface area (Å²) in [5.74, 6) is 0.458. The van der Waals surface area contributed by atoms with E-state index in [0.29, 0.717) is 13.0 Å². The van der Waals surface area contributed by atoms with Crippen molar-refractivity contribution in [2.75, 3.05) is 33.3 Å². The summed E-state index contributed by atoms with van der Waals surface area (Å²) in [6.07, 6.45) is 4.55. The molecule has 5 rings (SSSR count). The molecule has 3 aromatic rings. The van der Waals surface area contributed by atoms with Gasteiger partial charge < -0.3 is 19.9 Å². The van der Waals surface area contributed by atoms with E-state index in [2.05, 4.69) is 70.9 Å². The maximum atomic E-state index is 12.6. The van der Waals surface area contributed by atoms with Crippen molar-refractivity contribution < 1.29 is 14.3 Å². The van der Waals surface area contributed by atoms with Crippen LogP contribution in [-0.2, 0) is 15.0 Å². The van der Waals surface area contributed by atoms with Crippen molar-refractivity contribution in [3.05, 3.63) is 113 Å². The van der Waals surface area contributed by atoms with Crippen molar-refractivity contribution >= 4 is 18.5 Å². The maximum absolute atomic E-state index is 12.6. The van der Waals surface area contributed by atoms with Crippen LogP contribution in [0.25, 0.3) is 0 Å². The molecule has 2 unspecified atom stereocenters. The molecular formula is C36H42N4O3. The van der Waals surface area contributed by atoms with Crippen molar-refractivity contribution in [2.45, 2.75) is 50.5 Å². The molecule has 224 valence electrons. The third-order valence-electron chi connectivity index (χ3n) is 9.17. The Bertz CT molecular complexity index is 1400. The van der Waals surface area contributed by atoms with Gasteiger partial charge in [-0.15, -0.1) is 0 Å². The van der Waals surface area contributed by atoms with Crippen molar-refractivity contribution in [1.29, 1.82) is 0 Å². The van der Waals surface area contributed by atoms with Gasteiger partial charge in [-0.3, -0.25) is 14.6 Å². The molecule has 2 atom stereocenters. The molecule has 7 heteroatoms. The summed E-state index contributed by atoms with van der Waals surface area (Å²) in [4.78, 5) is 33.3. The van der Waals surface area contributed by atoms with Crippen LogP contribution in [-0.4, -0.2) is 67.7 Å². The third-order valence-corrected chi connectivity index (χ3v) is 9.17. The van der Waals surface area contributed by atoms with Gasteiger partial charge in [-0.1, -0.05) is 72.8 Å². The summed E-state index contributed by atoms with van der Waals surface area (Å²) in [7, 11) is 1.64. The van der Waals surface area contributed by atoms with E-state index in [-0.39, 0.29) is 17.4 Å². The largest absolute Gasteiger partial charge is 0.497 e. The first-order valence-electron chi connectivity index (χ1n) is 15.2. The van der Waals surface area contributed by atoms with Gasteiger partial charge in [0.05, 0.1) is 30.5 Å². The minimum atomic E-state index is -0.364. The fourth-order valence-corrected chi connectivity index (χ4v) is 6.99. The lowest BCUT2D eigenvalue weighted by Gasteiger charge is -2.43. The number of carbonyl (C=O) groups is 2. The van der Waals surface area contributed by atoms with Gasteiger partial charge in [0, 0.05) is 17.7 Å². The molecule has 2 amide bonds. The molecule has 1 fully saturated rings. The van der Waals surface area contributed by atoms with Gasteiger partial charge in [0.25, 0.3) is 0 Å². The number of aliphatic imine (C=N–C) groups is 1. The number of nitrogens with one attached hydrogen (secondary N) is 1. The lowest BCUT2D eigenvalue weighted by Crippen LogP contribution is -2.46. The lowest BCUT2D eigenvalue weighted by molar-refractivity contribution is -0.116. The quantitative estimate of drug-likeness (QED) is 0.287. The maximum Gasteiger partial charge on any atom is 0.213 e. The van der Waals surface area contributed by atoms with Crippen LogP contribution in [0.4, 0.5) is 0 Å². The second-order valence-corrected chi connectivity index (χ2v) is 11.5. The van der Waals surface area contributed by atoms with Crippen LogP contribution in [0.5, 0.6) is 5.75 Å². The number of carbonyl (C=O) groups excluding carboxylic acids is 2. The topological polar surface area (TPSA) is 74.2 Å². The lowest BCUT2D eigenvalue weighted by atomic mass is 9.68. The molecule has 0 saturated carbocycles. The van der Waals surface area contributed by atoms with Crippen LogP contribution in [0.15, 0.2) is 101 Å². The van der Waals surface area contributed by atoms with Crippen LogP contribution in [0.3, 0.4) is 0 Å². The summed E-state index contributed by atoms with van der Waals surface area (Å²) in [6.45, 7) is 7.32. The average Bonchev–Trinajstić information content (AvgIpc) is 3.06. The second-order valence-electron chi connectivity index (χ2n) is 11.5. The normalized spacial score (nSPS) is 20.2. The van der Waals surface area contributed by atoms with Gasteiger partial charge in [-0.05, 0) is 81.6 Å². The second kappa shape index (κ2) is 13.8. The van der Waals surface area contributed by atoms with Crippen LogP contribution in [0.2, 0.25) is 0 Å². The number of rotatable bonds is 12. The summed E-state index contributed by atoms with van der Waals surface area (Å²) in [5, 5.41) is 2.96. The molecule has 1 saturated heterocycles. The van der Waals surface area contributed by atoms with Crippen LogP contribution < -0.4 is 10.1 Å². The number of hydrogen-bond donors (Lipinski definition) is 1. The highest BCUT2D eigenvalue weighted by molar-refractivity contribution is 5.92. The first-order valence-corrected chi connectivity index (χ1v) is 15.2. The molecule has 0 bridgehead atoms. The Hall–Kier alpha value is -4.23. The van der Waals surface area contributed by atoms with Crippen molar-refractivity contribution in [3.63, 3.8) is 0 Å². The fourth-order valence-electron chi connectivity index (χ4n) is 6.99. The number of methoxy groups -OCH3 is 1. The standard InChI is InChI=1S/C36H42N4O3/c1-27-34(37-25-41)33(29-12-10-17-32(24-29)43-3)35(28(2)38-27)40(26-42)21-11-20-39-22-18-36(19-23-39,30-13-6-4-7-14-30)31-15-8-5-9-16-31/h4-10,12-17,24-26,33-34H,11,18-23H2,1-3H3,(H,37,41). The molecule has 3 aromatic carbocycles. The SMILES string of the molecule is COc1cccc(C2C(N(C=O)CCCN3CCC(c4ccccc4)(c4ccccc4)CC3)=C(C)N=C(C)C2NC=O)c1. The number of hydrogen-bond acceptors (Lipinski definition) is 5. The highest BCUT2D eigenvalue weighted by Gasteiger charge is 2.38. The van der Waals surface area contributed by atoms with E-state index in [1.807, 2.05) is 38.1 Å². The smallest absolute Gasteiger partial charge is 0.213 e. The Morgan fingerprint density at radius 1 is 0.953 bits per heavy atom. The molecule has 2 aliphatic heterocycles. The number of amides is 2. The predicted octanol–water partition coefficient (Wildman–Crippen LogP) is 5.53. The van der Waals surface area contributed by atoms with Gasteiger partial charge in [0.2, 0.25) is 12.8 Å². The first kappa shape index (κ1) is 30.2. The summed E-state index contributed by atoms with van der Waals surface area (Å²) >= 11 is 0. The van der Waals surface area contributed by atoms with Crippen molar-refractivity contribution in [2.24, 2.45) is 4.99 Å². The highest BCUT2D eigenvalue weighted by Crippen LogP contribution is 2.42. The molecule has 1 N–H and O–H groups in total. The zero-order valence-electron chi connectivity index (χ0n) is 25.4. The zero-order valence-corrected chi connectivity index (χ0v) is 25.4. The Labute approximate surface area is 255 Å². The molecule has 2 heterocycles. The van der Waals surface area contributed by atoms with Crippen molar-refractivity contribution in [3.8, 4) is 5.75 Å². The molecular weight excluding hydrogens is 536 g/mol. The van der Waals surface area contributed by atoms with E-state index < -0.39 is 0 Å². The minimum absolute atomic E-state index is 0.0122.